The zero-order valence-corrected chi connectivity index (χ0v) is 15.9. The second kappa shape index (κ2) is 7.57. The third kappa shape index (κ3) is 3.76. The van der Waals surface area contributed by atoms with Crippen molar-refractivity contribution in [1.29, 1.82) is 0 Å². The van der Waals surface area contributed by atoms with Crippen LogP contribution in [0.4, 0.5) is 0 Å². The molecule has 0 spiro atoms. The lowest BCUT2D eigenvalue weighted by atomic mass is 10.1. The van der Waals surface area contributed by atoms with Crippen LogP contribution in [-0.2, 0) is 0 Å². The summed E-state index contributed by atoms with van der Waals surface area (Å²) in [6.07, 6.45) is 12.7. The Morgan fingerprint density at radius 2 is 0.810 bits per heavy atom. The monoisotopic (exact) mass is 307 g/mol. The molecule has 0 aromatic carbocycles. The van der Waals surface area contributed by atoms with E-state index in [4.69, 9.17) is 0 Å². The van der Waals surface area contributed by atoms with Gasteiger partial charge in [0.15, 0.2) is 0 Å². The van der Waals surface area contributed by atoms with Crippen LogP contribution >= 0.6 is 0 Å². The fraction of sp³-hybridized carbons (Fsp3) is 0.882. The van der Waals surface area contributed by atoms with Crippen LogP contribution in [0.3, 0.4) is 0 Å². The normalized spacial score (nSPS) is 24.3. The molecule has 0 saturated carbocycles. The molecule has 3 aliphatic rings. The minimum atomic E-state index is 1.20. The van der Waals surface area contributed by atoms with E-state index in [9.17, 15) is 0 Å². The number of nitrogens with zero attached hydrogens (tertiary/aromatic N) is 3. The highest BCUT2D eigenvalue weighted by Gasteiger charge is 2.25. The van der Waals surface area contributed by atoms with Crippen molar-refractivity contribution in [2.75, 3.05) is 39.3 Å². The van der Waals surface area contributed by atoms with E-state index < -0.39 is 0 Å². The van der Waals surface area contributed by atoms with Gasteiger partial charge in [-0.3, -0.25) is 0 Å². The zero-order valence-electron chi connectivity index (χ0n) is 13.9. The maximum atomic E-state index is 2.74. The lowest BCUT2D eigenvalue weighted by molar-refractivity contribution is 0.153. The van der Waals surface area contributed by atoms with Crippen molar-refractivity contribution < 1.29 is 0 Å². The molecule has 0 aromatic heterocycles. The Balaban J connectivity index is 1.81. The van der Waals surface area contributed by atoms with Crippen molar-refractivity contribution in [3.63, 3.8) is 0 Å². The molecule has 3 heterocycles. The topological polar surface area (TPSA) is 9.72 Å². The van der Waals surface area contributed by atoms with Gasteiger partial charge < -0.3 is 14.7 Å². The van der Waals surface area contributed by atoms with Crippen LogP contribution < -0.4 is 0 Å². The predicted molar refractivity (Wildman–Crippen MR) is 93.2 cm³/mol. The molecule has 0 N–H and O–H groups in total. The molecule has 3 aliphatic heterocycles. The summed E-state index contributed by atoms with van der Waals surface area (Å²) in [6.45, 7) is 7.81. The van der Waals surface area contributed by atoms with E-state index in [0.717, 1.165) is 0 Å². The lowest BCUT2D eigenvalue weighted by Crippen LogP contribution is -2.44. The van der Waals surface area contributed by atoms with Crippen molar-refractivity contribution in [1.82, 2.24) is 14.7 Å². The highest BCUT2D eigenvalue weighted by Crippen LogP contribution is 2.26. The molecule has 0 aliphatic carbocycles. The van der Waals surface area contributed by atoms with Gasteiger partial charge in [0.2, 0.25) is 0 Å². The van der Waals surface area contributed by atoms with Crippen LogP contribution in [0, 0.1) is 0 Å². The minimum absolute atomic E-state index is 1.20. The first-order chi connectivity index (χ1) is 10.4. The van der Waals surface area contributed by atoms with Gasteiger partial charge in [-0.05, 0) is 57.8 Å². The first kappa shape index (κ1) is 15.3. The number of hydrogen-bond donors (Lipinski definition) is 0. The van der Waals surface area contributed by atoms with Gasteiger partial charge >= 0.3 is 0 Å². The quantitative estimate of drug-likeness (QED) is 0.738. The van der Waals surface area contributed by atoms with Crippen molar-refractivity contribution in [3.05, 3.63) is 11.1 Å². The van der Waals surface area contributed by atoms with Gasteiger partial charge in [-0.1, -0.05) is 0 Å². The van der Waals surface area contributed by atoms with Gasteiger partial charge in [-0.15, -0.1) is 0 Å². The van der Waals surface area contributed by atoms with Gasteiger partial charge in [0.1, 0.15) is 5.82 Å². The molecular formula is C17H33N3Si. The maximum absolute atomic E-state index is 2.74. The number of hydrogen-bond acceptors (Lipinski definition) is 3. The molecule has 0 amide bonds. The largest absolute Gasteiger partial charge is 0.376 e. The average molecular weight is 308 g/mol. The molecule has 120 valence electrons. The van der Waals surface area contributed by atoms with E-state index in [1.165, 1.54) is 107 Å². The summed E-state index contributed by atoms with van der Waals surface area (Å²) in [5.74, 6) is 1.66. The van der Waals surface area contributed by atoms with Gasteiger partial charge in [0, 0.05) is 44.6 Å². The van der Waals surface area contributed by atoms with E-state index in [1.54, 1.807) is 11.1 Å². The van der Waals surface area contributed by atoms with E-state index in [2.05, 4.69) is 14.7 Å². The first-order valence-electron chi connectivity index (χ1n) is 9.32. The Kier molecular flexibility index (Phi) is 5.50. The molecule has 3 saturated heterocycles. The molecule has 3 fully saturated rings. The molecule has 3 nitrogen and oxygen atoms in total. The summed E-state index contributed by atoms with van der Waals surface area (Å²) >= 11 is 0. The number of likely N-dealkylation sites (tertiary alicyclic amines) is 3. The molecular weight excluding hydrogens is 274 g/mol. The minimum Gasteiger partial charge on any atom is -0.376 e. The summed E-state index contributed by atoms with van der Waals surface area (Å²) in [7, 11) is 1.20. The Bertz CT molecular complexity index is 331. The standard InChI is InChI=1S/C17H33N3Si/c21-17(20-14-8-3-9-15-20)16(18-10-4-1-5-11-18)19-12-6-2-7-13-19/h1-15H2,21H3. The predicted octanol–water partition coefficient (Wildman–Crippen LogP) is 1.94. The fourth-order valence-electron chi connectivity index (χ4n) is 4.24. The van der Waals surface area contributed by atoms with Crippen LogP contribution in [0.25, 0.3) is 0 Å². The van der Waals surface area contributed by atoms with Crippen LogP contribution in [0.1, 0.15) is 57.8 Å². The first-order valence-corrected chi connectivity index (χ1v) is 10.3. The molecule has 4 heteroatoms. The summed E-state index contributed by atoms with van der Waals surface area (Å²) < 4.78 is 0. The second-order valence-electron chi connectivity index (χ2n) is 7.05. The van der Waals surface area contributed by atoms with E-state index in [1.807, 2.05) is 0 Å². The second-order valence-corrected chi connectivity index (χ2v) is 8.00. The summed E-state index contributed by atoms with van der Waals surface area (Å²) in [4.78, 5) is 8.21. The Hall–Kier alpha value is -0.643. The van der Waals surface area contributed by atoms with Crippen LogP contribution in [0.2, 0.25) is 0 Å². The van der Waals surface area contributed by atoms with Gasteiger partial charge in [-0.25, -0.2) is 0 Å². The van der Waals surface area contributed by atoms with Gasteiger partial charge in [0.25, 0.3) is 0 Å². The van der Waals surface area contributed by atoms with Gasteiger partial charge in [0.05, 0.1) is 10.2 Å². The van der Waals surface area contributed by atoms with E-state index in [-0.39, 0.29) is 0 Å². The van der Waals surface area contributed by atoms with Crippen molar-refractivity contribution >= 4 is 10.2 Å². The Labute approximate surface area is 133 Å². The average Bonchev–Trinajstić information content (AvgIpc) is 2.58. The summed E-state index contributed by atoms with van der Waals surface area (Å²) in [5, 5.41) is 1.71. The third-order valence-electron chi connectivity index (χ3n) is 5.47. The SMILES string of the molecule is [SiH3]C(=C(N1CCCCC1)N1CCCCC1)N1CCCCC1. The van der Waals surface area contributed by atoms with Crippen LogP contribution in [0.15, 0.2) is 11.1 Å². The van der Waals surface area contributed by atoms with Crippen LogP contribution in [-0.4, -0.2) is 64.2 Å². The summed E-state index contributed by atoms with van der Waals surface area (Å²) in [5.41, 5.74) is 0. The lowest BCUT2D eigenvalue weighted by Gasteiger charge is -2.43. The zero-order chi connectivity index (χ0) is 14.5. The molecule has 21 heavy (non-hydrogen) atoms. The smallest absolute Gasteiger partial charge is 0.118 e. The Morgan fingerprint density at radius 3 is 1.19 bits per heavy atom. The molecule has 0 unspecified atom stereocenters. The molecule has 0 atom stereocenters. The maximum Gasteiger partial charge on any atom is 0.118 e. The molecule has 3 rings (SSSR count). The number of rotatable bonds is 3. The third-order valence-corrected chi connectivity index (χ3v) is 6.54. The van der Waals surface area contributed by atoms with Gasteiger partial charge in [-0.2, -0.15) is 0 Å². The molecule has 0 radical (unpaired) electrons. The highest BCUT2D eigenvalue weighted by molar-refractivity contribution is 6.21. The summed E-state index contributed by atoms with van der Waals surface area (Å²) in [6, 6.07) is 0. The Morgan fingerprint density at radius 1 is 0.476 bits per heavy atom. The molecule has 0 aromatic rings. The highest BCUT2D eigenvalue weighted by atomic mass is 28.1. The van der Waals surface area contributed by atoms with Crippen LogP contribution in [0.5, 0.6) is 0 Å². The number of piperidine rings is 3. The van der Waals surface area contributed by atoms with E-state index >= 15 is 0 Å². The fourth-order valence-corrected chi connectivity index (χ4v) is 5.32. The van der Waals surface area contributed by atoms with Crippen molar-refractivity contribution in [3.8, 4) is 0 Å². The van der Waals surface area contributed by atoms with Crippen molar-refractivity contribution in [2.45, 2.75) is 57.8 Å². The van der Waals surface area contributed by atoms with Crippen molar-refractivity contribution in [2.24, 2.45) is 0 Å². The molecule has 0 bridgehead atoms. The van der Waals surface area contributed by atoms with E-state index in [0.29, 0.717) is 0 Å².